The highest BCUT2D eigenvalue weighted by Crippen LogP contribution is 2.27. The fourth-order valence-corrected chi connectivity index (χ4v) is 2.52. The summed E-state index contributed by atoms with van der Waals surface area (Å²) in [4.78, 5) is 16.3. The van der Waals surface area contributed by atoms with Gasteiger partial charge in [-0.2, -0.15) is 0 Å². The molecule has 0 aliphatic rings. The molecule has 1 aromatic rings. The van der Waals surface area contributed by atoms with Gasteiger partial charge in [-0.1, -0.05) is 19.9 Å². The van der Waals surface area contributed by atoms with Crippen molar-refractivity contribution < 1.29 is 19.0 Å². The first-order valence-electron chi connectivity index (χ1n) is 9.74. The highest BCUT2D eigenvalue weighted by molar-refractivity contribution is 5.79. The molecule has 0 aliphatic carbocycles. The van der Waals surface area contributed by atoms with Gasteiger partial charge in [0.25, 0.3) is 0 Å². The molecular formula is C21H36N4O4. The van der Waals surface area contributed by atoms with E-state index in [1.54, 1.807) is 21.3 Å². The van der Waals surface area contributed by atoms with Crippen LogP contribution in [0.5, 0.6) is 11.5 Å². The van der Waals surface area contributed by atoms with Crippen LogP contribution in [-0.4, -0.2) is 51.5 Å². The number of amides is 1. The molecule has 3 N–H and O–H groups in total. The zero-order valence-electron chi connectivity index (χ0n) is 18.9. The molecule has 29 heavy (non-hydrogen) atoms. The van der Waals surface area contributed by atoms with Gasteiger partial charge >= 0.3 is 6.09 Å². The third-order valence-electron chi connectivity index (χ3n) is 4.13. The summed E-state index contributed by atoms with van der Waals surface area (Å²) in [6.45, 7) is 10.7. The van der Waals surface area contributed by atoms with Gasteiger partial charge in [0.05, 0.1) is 20.3 Å². The van der Waals surface area contributed by atoms with Gasteiger partial charge < -0.3 is 30.2 Å². The van der Waals surface area contributed by atoms with Gasteiger partial charge in [-0.25, -0.2) is 4.79 Å². The van der Waals surface area contributed by atoms with E-state index in [-0.39, 0.29) is 12.0 Å². The molecule has 0 aliphatic heterocycles. The first-order valence-corrected chi connectivity index (χ1v) is 9.74. The Kier molecular flexibility index (Phi) is 9.58. The molecule has 8 nitrogen and oxygen atoms in total. The van der Waals surface area contributed by atoms with E-state index in [4.69, 9.17) is 14.2 Å². The summed E-state index contributed by atoms with van der Waals surface area (Å²) in [5, 5.41) is 9.43. The van der Waals surface area contributed by atoms with E-state index < -0.39 is 11.7 Å². The lowest BCUT2D eigenvalue weighted by Crippen LogP contribution is -2.50. The van der Waals surface area contributed by atoms with Crippen molar-refractivity contribution in [1.82, 2.24) is 16.0 Å². The Morgan fingerprint density at radius 1 is 1.10 bits per heavy atom. The van der Waals surface area contributed by atoms with Gasteiger partial charge in [-0.3, -0.25) is 4.99 Å². The number of nitrogens with one attached hydrogen (secondary N) is 3. The van der Waals surface area contributed by atoms with Crippen LogP contribution in [0.1, 0.15) is 40.2 Å². The van der Waals surface area contributed by atoms with Crippen molar-refractivity contribution in [3.05, 3.63) is 23.8 Å². The molecule has 1 unspecified atom stereocenters. The maximum absolute atomic E-state index is 12.1. The lowest BCUT2D eigenvalue weighted by atomic mass is 10.0. The molecule has 1 aromatic carbocycles. The van der Waals surface area contributed by atoms with Gasteiger partial charge in [0.15, 0.2) is 17.5 Å². The highest BCUT2D eigenvalue weighted by atomic mass is 16.6. The molecule has 1 atom stereocenters. The number of aliphatic imine (C=N–C) groups is 1. The van der Waals surface area contributed by atoms with Crippen LogP contribution >= 0.6 is 0 Å². The molecule has 0 radical (unpaired) electrons. The molecule has 0 saturated carbocycles. The molecule has 0 bridgehead atoms. The van der Waals surface area contributed by atoms with Crippen LogP contribution in [0.25, 0.3) is 0 Å². The van der Waals surface area contributed by atoms with E-state index in [1.165, 1.54) is 0 Å². The minimum atomic E-state index is -0.532. The van der Waals surface area contributed by atoms with Crippen molar-refractivity contribution in [2.24, 2.45) is 10.9 Å². The van der Waals surface area contributed by atoms with Crippen molar-refractivity contribution >= 4 is 12.1 Å². The molecule has 8 heteroatoms. The topological polar surface area (TPSA) is 93.2 Å². The third-order valence-corrected chi connectivity index (χ3v) is 4.13. The van der Waals surface area contributed by atoms with E-state index >= 15 is 0 Å². The maximum atomic E-state index is 12.1. The number of hydrogen-bond acceptors (Lipinski definition) is 5. The zero-order chi connectivity index (χ0) is 22.0. The number of alkyl carbamates (subject to hydrolysis) is 1. The predicted molar refractivity (Wildman–Crippen MR) is 116 cm³/mol. The van der Waals surface area contributed by atoms with E-state index in [1.807, 2.05) is 52.8 Å². The number of carbonyl (C=O) groups excluding carboxylic acids is 1. The fourth-order valence-electron chi connectivity index (χ4n) is 2.52. The van der Waals surface area contributed by atoms with Crippen LogP contribution in [0, 0.1) is 5.92 Å². The van der Waals surface area contributed by atoms with E-state index in [2.05, 4.69) is 20.9 Å². The van der Waals surface area contributed by atoms with Crippen molar-refractivity contribution in [3.8, 4) is 11.5 Å². The molecule has 0 spiro atoms. The van der Waals surface area contributed by atoms with Crippen molar-refractivity contribution in [2.75, 3.05) is 27.8 Å². The Balaban J connectivity index is 2.62. The third kappa shape index (κ3) is 8.93. The summed E-state index contributed by atoms with van der Waals surface area (Å²) in [6, 6.07) is 5.64. The SMILES string of the molecule is CN=C(NCc1ccc(OC)c(OC)c1)NCC(NC(=O)OC(C)(C)C)C(C)C. The molecule has 164 valence electrons. The highest BCUT2D eigenvalue weighted by Gasteiger charge is 2.21. The number of hydrogen-bond donors (Lipinski definition) is 3. The monoisotopic (exact) mass is 408 g/mol. The Labute approximate surface area is 174 Å². The second-order valence-corrected chi connectivity index (χ2v) is 7.99. The average molecular weight is 409 g/mol. The van der Waals surface area contributed by atoms with Crippen molar-refractivity contribution in [1.29, 1.82) is 0 Å². The minimum absolute atomic E-state index is 0.107. The van der Waals surface area contributed by atoms with E-state index in [0.29, 0.717) is 30.5 Å². The summed E-state index contributed by atoms with van der Waals surface area (Å²) in [5.74, 6) is 2.22. The molecule has 1 rings (SSSR count). The fraction of sp³-hybridized carbons (Fsp3) is 0.619. The first-order chi connectivity index (χ1) is 13.6. The lowest BCUT2D eigenvalue weighted by Gasteiger charge is -2.26. The van der Waals surface area contributed by atoms with Crippen LogP contribution < -0.4 is 25.4 Å². The number of rotatable bonds is 8. The quantitative estimate of drug-likeness (QED) is 0.452. The van der Waals surface area contributed by atoms with Gasteiger partial charge in [0, 0.05) is 20.1 Å². The minimum Gasteiger partial charge on any atom is -0.493 e. The molecule has 0 saturated heterocycles. The Hall–Kier alpha value is -2.64. The molecule has 1 amide bonds. The standard InChI is InChI=1S/C21H36N4O4/c1-14(2)16(25-20(26)29-21(3,4)5)13-24-19(22-6)23-12-15-9-10-17(27-7)18(11-15)28-8/h9-11,14,16H,12-13H2,1-8H3,(H,25,26)(H2,22,23,24). The van der Waals surface area contributed by atoms with Gasteiger partial charge in [-0.05, 0) is 44.4 Å². The summed E-state index contributed by atoms with van der Waals surface area (Å²) in [6.07, 6.45) is -0.425. The van der Waals surface area contributed by atoms with Crippen molar-refractivity contribution in [3.63, 3.8) is 0 Å². The molecular weight excluding hydrogens is 372 g/mol. The number of carbonyl (C=O) groups is 1. The first kappa shape index (κ1) is 24.4. The summed E-state index contributed by atoms with van der Waals surface area (Å²) >= 11 is 0. The number of methoxy groups -OCH3 is 2. The number of nitrogens with zero attached hydrogens (tertiary/aromatic N) is 1. The van der Waals surface area contributed by atoms with Gasteiger partial charge in [0.1, 0.15) is 5.60 Å². The second kappa shape index (κ2) is 11.4. The summed E-state index contributed by atoms with van der Waals surface area (Å²) < 4.78 is 15.9. The zero-order valence-corrected chi connectivity index (χ0v) is 18.9. The predicted octanol–water partition coefficient (Wildman–Crippen LogP) is 2.92. The largest absolute Gasteiger partial charge is 0.493 e. The summed E-state index contributed by atoms with van der Waals surface area (Å²) in [7, 11) is 4.92. The van der Waals surface area contributed by atoms with E-state index in [0.717, 1.165) is 5.56 Å². The van der Waals surface area contributed by atoms with Gasteiger partial charge in [-0.15, -0.1) is 0 Å². The Morgan fingerprint density at radius 3 is 2.28 bits per heavy atom. The second-order valence-electron chi connectivity index (χ2n) is 7.99. The van der Waals surface area contributed by atoms with Crippen molar-refractivity contribution in [2.45, 2.75) is 52.8 Å². The maximum Gasteiger partial charge on any atom is 0.407 e. The average Bonchev–Trinajstić information content (AvgIpc) is 2.65. The number of benzene rings is 1. The molecule has 0 fully saturated rings. The molecule has 0 heterocycles. The number of ether oxygens (including phenoxy) is 3. The van der Waals surface area contributed by atoms with Crippen LogP contribution in [0.2, 0.25) is 0 Å². The van der Waals surface area contributed by atoms with Crippen LogP contribution in [0.15, 0.2) is 23.2 Å². The smallest absolute Gasteiger partial charge is 0.407 e. The lowest BCUT2D eigenvalue weighted by molar-refractivity contribution is 0.0491. The van der Waals surface area contributed by atoms with Crippen LogP contribution in [0.4, 0.5) is 4.79 Å². The molecule has 0 aromatic heterocycles. The van der Waals surface area contributed by atoms with Crippen LogP contribution in [0.3, 0.4) is 0 Å². The Bertz CT molecular complexity index is 684. The van der Waals surface area contributed by atoms with Gasteiger partial charge in [0.2, 0.25) is 0 Å². The normalized spacial score (nSPS) is 12.9. The Morgan fingerprint density at radius 2 is 1.76 bits per heavy atom. The van der Waals surface area contributed by atoms with E-state index in [9.17, 15) is 4.79 Å². The van der Waals surface area contributed by atoms with Crippen LogP contribution in [-0.2, 0) is 11.3 Å². The number of guanidine groups is 1. The summed E-state index contributed by atoms with van der Waals surface area (Å²) in [5.41, 5.74) is 0.494.